The van der Waals surface area contributed by atoms with Crippen LogP contribution >= 0.6 is 65.8 Å². The zero-order chi connectivity index (χ0) is 15.8. The summed E-state index contributed by atoms with van der Waals surface area (Å²) in [7, 11) is 0. The first kappa shape index (κ1) is 17.6. The van der Waals surface area contributed by atoms with Gasteiger partial charge in [0.05, 0.1) is 17.9 Å². The number of nitrogens with one attached hydrogen (secondary N) is 1. The highest BCUT2D eigenvalue weighted by molar-refractivity contribution is 14.1. The van der Waals surface area contributed by atoms with Gasteiger partial charge in [-0.2, -0.15) is 0 Å². The Kier molecular flexibility index (Phi) is 5.71. The molecule has 0 bridgehead atoms. The predicted octanol–water partition coefficient (Wildman–Crippen LogP) is 6.06. The smallest absolute Gasteiger partial charge is 0.172 e. The van der Waals surface area contributed by atoms with Gasteiger partial charge in [-0.25, -0.2) is 9.97 Å². The molecular weight excluding hydrogens is 529 g/mol. The first-order valence-electron chi connectivity index (χ1n) is 6.51. The molecule has 2 aromatic heterocycles. The molecule has 0 spiro atoms. The van der Waals surface area contributed by atoms with Gasteiger partial charge in [0.2, 0.25) is 0 Å². The van der Waals surface area contributed by atoms with Crippen molar-refractivity contribution in [3.05, 3.63) is 23.6 Å². The molecule has 0 saturated heterocycles. The van der Waals surface area contributed by atoms with E-state index in [1.165, 1.54) is 0 Å². The third kappa shape index (κ3) is 3.97. The van der Waals surface area contributed by atoms with Crippen molar-refractivity contribution in [1.29, 1.82) is 0 Å². The Labute approximate surface area is 159 Å². The van der Waals surface area contributed by atoms with Gasteiger partial charge in [-0.15, -0.1) is 11.3 Å². The summed E-state index contributed by atoms with van der Waals surface area (Å²) in [4.78, 5) is 10.6. The zero-order valence-electron chi connectivity index (χ0n) is 12.2. The maximum Gasteiger partial charge on any atom is 0.172 e. The SMILES string of the molecule is CCNc1nc(-c2cc(Br)c(Br)s2)nc(C(C)(C)C)c1I. The van der Waals surface area contributed by atoms with Crippen LogP contribution in [0.15, 0.2) is 14.3 Å². The average Bonchev–Trinajstić information content (AvgIpc) is 2.71. The molecule has 21 heavy (non-hydrogen) atoms. The monoisotopic (exact) mass is 543 g/mol. The topological polar surface area (TPSA) is 37.8 Å². The summed E-state index contributed by atoms with van der Waals surface area (Å²) in [5, 5.41) is 3.34. The molecular formula is C14H16Br2IN3S. The van der Waals surface area contributed by atoms with E-state index in [4.69, 9.17) is 9.97 Å². The van der Waals surface area contributed by atoms with Crippen LogP contribution in [0.4, 0.5) is 5.82 Å². The van der Waals surface area contributed by atoms with Crippen molar-refractivity contribution in [3.63, 3.8) is 0 Å². The van der Waals surface area contributed by atoms with Gasteiger partial charge in [-0.05, 0) is 67.4 Å². The molecule has 0 saturated carbocycles. The van der Waals surface area contributed by atoms with Gasteiger partial charge >= 0.3 is 0 Å². The van der Waals surface area contributed by atoms with Gasteiger partial charge in [-0.3, -0.25) is 0 Å². The molecule has 0 unspecified atom stereocenters. The molecule has 2 rings (SSSR count). The summed E-state index contributed by atoms with van der Waals surface area (Å²) in [5.74, 6) is 1.68. The summed E-state index contributed by atoms with van der Waals surface area (Å²) in [5.41, 5.74) is 1.05. The molecule has 0 aromatic carbocycles. The van der Waals surface area contributed by atoms with E-state index < -0.39 is 0 Å². The second kappa shape index (κ2) is 6.80. The van der Waals surface area contributed by atoms with Gasteiger partial charge in [0.15, 0.2) is 5.82 Å². The molecule has 2 heterocycles. The Morgan fingerprint density at radius 3 is 2.43 bits per heavy atom. The minimum Gasteiger partial charge on any atom is -0.369 e. The lowest BCUT2D eigenvalue weighted by atomic mass is 9.92. The van der Waals surface area contributed by atoms with E-state index >= 15 is 0 Å². The van der Waals surface area contributed by atoms with Crippen molar-refractivity contribution < 1.29 is 0 Å². The van der Waals surface area contributed by atoms with Crippen molar-refractivity contribution in [1.82, 2.24) is 9.97 Å². The molecule has 0 atom stereocenters. The maximum atomic E-state index is 4.82. The van der Waals surface area contributed by atoms with E-state index in [1.807, 2.05) is 0 Å². The van der Waals surface area contributed by atoms with Crippen molar-refractivity contribution in [2.45, 2.75) is 33.1 Å². The normalized spacial score (nSPS) is 11.8. The van der Waals surface area contributed by atoms with E-state index in [1.54, 1.807) is 11.3 Å². The number of rotatable bonds is 3. The Balaban J connectivity index is 2.64. The lowest BCUT2D eigenvalue weighted by Gasteiger charge is -2.21. The van der Waals surface area contributed by atoms with Crippen LogP contribution in [0.1, 0.15) is 33.4 Å². The van der Waals surface area contributed by atoms with E-state index in [9.17, 15) is 0 Å². The molecule has 3 nitrogen and oxygen atoms in total. The van der Waals surface area contributed by atoms with Crippen LogP contribution in [-0.4, -0.2) is 16.5 Å². The van der Waals surface area contributed by atoms with Gasteiger partial charge in [0.25, 0.3) is 0 Å². The molecule has 2 aromatic rings. The van der Waals surface area contributed by atoms with Crippen LogP contribution in [0.2, 0.25) is 0 Å². The Morgan fingerprint density at radius 1 is 1.29 bits per heavy atom. The summed E-state index contributed by atoms with van der Waals surface area (Å²) >= 11 is 11.0. The van der Waals surface area contributed by atoms with Gasteiger partial charge in [0, 0.05) is 16.4 Å². The fourth-order valence-electron chi connectivity index (χ4n) is 1.80. The van der Waals surface area contributed by atoms with E-state index in [-0.39, 0.29) is 5.41 Å². The van der Waals surface area contributed by atoms with Crippen LogP contribution < -0.4 is 5.32 Å². The minimum absolute atomic E-state index is 0.0237. The highest BCUT2D eigenvalue weighted by Gasteiger charge is 2.24. The number of aromatic nitrogens is 2. The number of nitrogens with zero attached hydrogens (tertiary/aromatic N) is 2. The second-order valence-corrected chi connectivity index (χ2v) is 9.87. The standard InChI is InChI=1S/C14H16Br2IN3S/c1-5-18-13-9(17)10(14(2,3)4)19-12(20-13)8-6-7(15)11(16)21-8/h6H,5H2,1-4H3,(H,18,19,20). The lowest BCUT2D eigenvalue weighted by Crippen LogP contribution is -2.18. The maximum absolute atomic E-state index is 4.82. The van der Waals surface area contributed by atoms with Crippen LogP contribution in [0.5, 0.6) is 0 Å². The molecule has 0 fully saturated rings. The first-order chi connectivity index (χ1) is 9.74. The third-order valence-electron chi connectivity index (χ3n) is 2.77. The lowest BCUT2D eigenvalue weighted by molar-refractivity contribution is 0.564. The molecule has 7 heteroatoms. The van der Waals surface area contributed by atoms with Crippen LogP contribution in [0.3, 0.4) is 0 Å². The summed E-state index contributed by atoms with van der Waals surface area (Å²) in [6.45, 7) is 9.45. The highest BCUT2D eigenvalue weighted by Crippen LogP contribution is 2.39. The number of halogens is 3. The number of hydrogen-bond acceptors (Lipinski definition) is 4. The Morgan fingerprint density at radius 2 is 1.95 bits per heavy atom. The largest absolute Gasteiger partial charge is 0.369 e. The van der Waals surface area contributed by atoms with Crippen molar-refractivity contribution in [3.8, 4) is 10.7 Å². The number of anilines is 1. The fourth-order valence-corrected chi connectivity index (χ4v) is 5.01. The number of thiophene rings is 1. The van der Waals surface area contributed by atoms with E-state index in [0.717, 1.165) is 40.6 Å². The van der Waals surface area contributed by atoms with Gasteiger partial charge in [0.1, 0.15) is 5.82 Å². The third-order valence-corrected chi connectivity index (χ3v) is 7.05. The summed E-state index contributed by atoms with van der Waals surface area (Å²) in [6, 6.07) is 2.05. The minimum atomic E-state index is -0.0237. The first-order valence-corrected chi connectivity index (χ1v) is 9.99. The zero-order valence-corrected chi connectivity index (χ0v) is 18.4. The second-order valence-electron chi connectivity index (χ2n) is 5.57. The van der Waals surface area contributed by atoms with E-state index in [2.05, 4.69) is 93.5 Å². The number of hydrogen-bond donors (Lipinski definition) is 1. The van der Waals surface area contributed by atoms with Gasteiger partial charge in [-0.1, -0.05) is 20.8 Å². The van der Waals surface area contributed by atoms with E-state index in [0.29, 0.717) is 0 Å². The van der Waals surface area contributed by atoms with Crippen LogP contribution in [-0.2, 0) is 5.41 Å². The fraction of sp³-hybridized carbons (Fsp3) is 0.429. The average molecular weight is 545 g/mol. The summed E-state index contributed by atoms with van der Waals surface area (Å²) < 4.78 is 3.19. The summed E-state index contributed by atoms with van der Waals surface area (Å²) in [6.07, 6.45) is 0. The molecule has 0 aliphatic carbocycles. The Bertz CT molecular complexity index is 645. The van der Waals surface area contributed by atoms with Gasteiger partial charge < -0.3 is 5.32 Å². The van der Waals surface area contributed by atoms with Crippen molar-refractivity contribution in [2.75, 3.05) is 11.9 Å². The molecule has 1 N–H and O–H groups in total. The highest BCUT2D eigenvalue weighted by atomic mass is 127. The van der Waals surface area contributed by atoms with Crippen LogP contribution in [0, 0.1) is 3.57 Å². The molecule has 0 aliphatic heterocycles. The quantitative estimate of drug-likeness (QED) is 0.477. The van der Waals surface area contributed by atoms with Crippen molar-refractivity contribution in [2.24, 2.45) is 0 Å². The molecule has 0 aliphatic rings. The molecule has 0 amide bonds. The van der Waals surface area contributed by atoms with Crippen LogP contribution in [0.25, 0.3) is 10.7 Å². The molecule has 0 radical (unpaired) electrons. The van der Waals surface area contributed by atoms with Crippen molar-refractivity contribution >= 4 is 71.6 Å². The Hall–Kier alpha value is 0.270. The molecule has 114 valence electrons. The predicted molar refractivity (Wildman–Crippen MR) is 106 cm³/mol.